The molecule has 0 N–H and O–H groups in total. The van der Waals surface area contributed by atoms with Crippen molar-refractivity contribution in [1.82, 2.24) is 19.3 Å². The molecular weight excluding hydrogens is 474 g/mol. The molecule has 0 aliphatic carbocycles. The molecule has 1 aliphatic rings. The van der Waals surface area contributed by atoms with Gasteiger partial charge in [-0.05, 0) is 61.9 Å². The molecule has 10 heteroatoms. The second-order valence-electron chi connectivity index (χ2n) is 8.46. The normalized spacial score (nSPS) is 13.1. The molecule has 184 valence electrons. The van der Waals surface area contributed by atoms with Gasteiger partial charge >= 0.3 is 5.97 Å². The summed E-state index contributed by atoms with van der Waals surface area (Å²) < 4.78 is 13.6. The van der Waals surface area contributed by atoms with E-state index < -0.39 is 5.97 Å². The van der Waals surface area contributed by atoms with Gasteiger partial charge in [0.25, 0.3) is 11.5 Å². The first-order valence-corrected chi connectivity index (χ1v) is 11.8. The Bertz CT molecular complexity index is 1710. The number of carbonyl (C=O) groups is 2. The van der Waals surface area contributed by atoms with E-state index in [2.05, 4.69) is 10.1 Å². The van der Waals surface area contributed by atoms with Crippen LogP contribution < -0.4 is 10.5 Å². The molecule has 6 rings (SSSR count). The maximum Gasteiger partial charge on any atom is 0.359 e. The molecule has 0 saturated heterocycles. The van der Waals surface area contributed by atoms with Gasteiger partial charge in [-0.15, -0.1) is 0 Å². The molecule has 10 nitrogen and oxygen atoms in total. The Kier molecular flexibility index (Phi) is 5.41. The summed E-state index contributed by atoms with van der Waals surface area (Å²) in [5, 5.41) is 5.38. The van der Waals surface area contributed by atoms with Crippen molar-refractivity contribution in [2.75, 3.05) is 18.1 Å². The number of anilines is 1. The third-order valence-corrected chi connectivity index (χ3v) is 6.33. The number of amides is 1. The lowest BCUT2D eigenvalue weighted by molar-refractivity contribution is 0.0517. The molecule has 3 aromatic heterocycles. The van der Waals surface area contributed by atoms with Crippen LogP contribution in [0.4, 0.5) is 5.69 Å². The standard InChI is InChI=1S/C27H21N5O5/c1-2-36-27(35)24-21-9-12-31(19-5-3-18(4-6-19)30-13-11-28-16-23(30)33)26(34)25(21)32(29-24)20-7-8-22-17(15-20)10-14-37-22/h3-8,10-11,13-16H,2,9,12H2,1H3. The van der Waals surface area contributed by atoms with Gasteiger partial charge in [-0.25, -0.2) is 9.48 Å². The first kappa shape index (κ1) is 22.5. The number of benzene rings is 2. The minimum absolute atomic E-state index is 0.143. The summed E-state index contributed by atoms with van der Waals surface area (Å²) in [5.74, 6) is -0.847. The van der Waals surface area contributed by atoms with Crippen molar-refractivity contribution in [1.29, 1.82) is 0 Å². The third kappa shape index (κ3) is 3.79. The Morgan fingerprint density at radius 1 is 1.05 bits per heavy atom. The van der Waals surface area contributed by atoms with Crippen LogP contribution in [0.25, 0.3) is 22.3 Å². The summed E-state index contributed by atoms with van der Waals surface area (Å²) in [7, 11) is 0. The molecule has 0 unspecified atom stereocenters. The van der Waals surface area contributed by atoms with Crippen LogP contribution in [0.5, 0.6) is 0 Å². The van der Waals surface area contributed by atoms with Crippen molar-refractivity contribution < 1.29 is 18.7 Å². The van der Waals surface area contributed by atoms with Crippen LogP contribution in [-0.2, 0) is 11.2 Å². The van der Waals surface area contributed by atoms with Crippen molar-refractivity contribution in [3.63, 3.8) is 0 Å². The second kappa shape index (κ2) is 8.90. The lowest BCUT2D eigenvalue weighted by atomic mass is 10.0. The molecule has 0 radical (unpaired) electrons. The van der Waals surface area contributed by atoms with E-state index in [0.29, 0.717) is 46.9 Å². The number of furan rings is 1. The van der Waals surface area contributed by atoms with E-state index in [1.807, 2.05) is 12.1 Å². The molecule has 37 heavy (non-hydrogen) atoms. The topological polar surface area (TPSA) is 112 Å². The van der Waals surface area contributed by atoms with E-state index in [-0.39, 0.29) is 23.8 Å². The van der Waals surface area contributed by atoms with Crippen LogP contribution in [0.1, 0.15) is 33.5 Å². The van der Waals surface area contributed by atoms with E-state index >= 15 is 0 Å². The van der Waals surface area contributed by atoms with Gasteiger partial charge < -0.3 is 14.1 Å². The van der Waals surface area contributed by atoms with E-state index in [1.54, 1.807) is 60.7 Å². The van der Waals surface area contributed by atoms with Gasteiger partial charge in [-0.3, -0.25) is 19.1 Å². The minimum Gasteiger partial charge on any atom is -0.464 e. The lowest BCUT2D eigenvalue weighted by Crippen LogP contribution is -2.39. The highest BCUT2D eigenvalue weighted by Crippen LogP contribution is 2.30. The van der Waals surface area contributed by atoms with Crippen molar-refractivity contribution in [2.45, 2.75) is 13.3 Å². The Labute approximate surface area is 210 Å². The Morgan fingerprint density at radius 2 is 1.84 bits per heavy atom. The average Bonchev–Trinajstić information content (AvgIpc) is 3.54. The number of nitrogens with zero attached hydrogens (tertiary/aromatic N) is 5. The summed E-state index contributed by atoms with van der Waals surface area (Å²) in [6, 6.07) is 14.4. The van der Waals surface area contributed by atoms with Gasteiger partial charge in [0.05, 0.1) is 24.8 Å². The Balaban J connectivity index is 1.41. The smallest absolute Gasteiger partial charge is 0.359 e. The number of carbonyl (C=O) groups excluding carboxylic acids is 2. The SMILES string of the molecule is CCOC(=O)c1nn(-c2ccc3occc3c2)c2c1CCN(c1ccc(-n3ccncc3=O)cc1)C2=O. The molecule has 0 saturated carbocycles. The first-order valence-electron chi connectivity index (χ1n) is 11.8. The van der Waals surface area contributed by atoms with Crippen molar-refractivity contribution in [3.8, 4) is 11.4 Å². The van der Waals surface area contributed by atoms with Gasteiger partial charge in [-0.2, -0.15) is 5.10 Å². The maximum atomic E-state index is 13.9. The number of aromatic nitrogens is 4. The summed E-state index contributed by atoms with van der Waals surface area (Å²) in [4.78, 5) is 44.2. The van der Waals surface area contributed by atoms with Crippen LogP contribution in [0, 0.1) is 0 Å². The zero-order chi connectivity index (χ0) is 25.5. The molecule has 5 aromatic rings. The highest BCUT2D eigenvalue weighted by Gasteiger charge is 2.35. The fourth-order valence-electron chi connectivity index (χ4n) is 4.60. The van der Waals surface area contributed by atoms with Crippen molar-refractivity contribution in [2.24, 2.45) is 0 Å². The Hall–Kier alpha value is -4.99. The summed E-state index contributed by atoms with van der Waals surface area (Å²) in [6.07, 6.45) is 6.38. The molecule has 4 heterocycles. The number of esters is 1. The lowest BCUT2D eigenvalue weighted by Gasteiger charge is -2.28. The summed E-state index contributed by atoms with van der Waals surface area (Å²) in [5.41, 5.74) is 3.42. The molecule has 0 fully saturated rings. The van der Waals surface area contributed by atoms with Crippen LogP contribution in [0.3, 0.4) is 0 Å². The highest BCUT2D eigenvalue weighted by molar-refractivity contribution is 6.09. The van der Waals surface area contributed by atoms with E-state index in [4.69, 9.17) is 9.15 Å². The second-order valence-corrected chi connectivity index (χ2v) is 8.46. The van der Waals surface area contributed by atoms with E-state index in [1.165, 1.54) is 21.6 Å². The molecule has 0 bridgehead atoms. The van der Waals surface area contributed by atoms with Crippen LogP contribution in [-0.4, -0.2) is 44.4 Å². The number of ether oxygens (including phenoxy) is 1. The fraction of sp³-hybridized carbons (Fsp3) is 0.148. The van der Waals surface area contributed by atoms with Gasteiger partial charge in [0.15, 0.2) is 5.69 Å². The third-order valence-electron chi connectivity index (χ3n) is 6.33. The largest absolute Gasteiger partial charge is 0.464 e. The van der Waals surface area contributed by atoms with Gasteiger partial charge in [-0.1, -0.05) is 0 Å². The van der Waals surface area contributed by atoms with Gasteiger partial charge in [0, 0.05) is 41.3 Å². The van der Waals surface area contributed by atoms with E-state index in [9.17, 15) is 14.4 Å². The molecule has 1 aliphatic heterocycles. The fourth-order valence-corrected chi connectivity index (χ4v) is 4.60. The summed E-state index contributed by atoms with van der Waals surface area (Å²) in [6.45, 7) is 2.29. The van der Waals surface area contributed by atoms with Crippen molar-refractivity contribution >= 4 is 28.5 Å². The van der Waals surface area contributed by atoms with Crippen molar-refractivity contribution in [3.05, 3.63) is 101 Å². The minimum atomic E-state index is -0.560. The molecule has 2 aromatic carbocycles. The number of hydrogen-bond donors (Lipinski definition) is 0. The number of fused-ring (bicyclic) bond motifs is 2. The predicted octanol–water partition coefficient (Wildman–Crippen LogP) is 3.54. The summed E-state index contributed by atoms with van der Waals surface area (Å²) >= 11 is 0. The van der Waals surface area contributed by atoms with Gasteiger partial charge in [0.1, 0.15) is 11.3 Å². The van der Waals surface area contributed by atoms with Crippen LogP contribution >= 0.6 is 0 Å². The molecule has 1 amide bonds. The maximum absolute atomic E-state index is 13.9. The molecule has 0 atom stereocenters. The number of hydrogen-bond acceptors (Lipinski definition) is 7. The van der Waals surface area contributed by atoms with Crippen LogP contribution in [0.15, 0.2) is 82.6 Å². The zero-order valence-electron chi connectivity index (χ0n) is 19.8. The average molecular weight is 495 g/mol. The Morgan fingerprint density at radius 3 is 2.62 bits per heavy atom. The molecular formula is C27H21N5O5. The first-order chi connectivity index (χ1) is 18.0. The quantitative estimate of drug-likeness (QED) is 0.343. The van der Waals surface area contributed by atoms with Gasteiger partial charge in [0.2, 0.25) is 0 Å². The van der Waals surface area contributed by atoms with E-state index in [0.717, 1.165) is 5.39 Å². The monoisotopic (exact) mass is 495 g/mol. The molecule has 0 spiro atoms. The number of rotatable bonds is 5. The highest BCUT2D eigenvalue weighted by atomic mass is 16.5. The zero-order valence-corrected chi connectivity index (χ0v) is 19.8. The predicted molar refractivity (Wildman–Crippen MR) is 135 cm³/mol. The van der Waals surface area contributed by atoms with Crippen LogP contribution in [0.2, 0.25) is 0 Å².